The van der Waals surface area contributed by atoms with E-state index in [0.29, 0.717) is 0 Å². The molecule has 19 heavy (non-hydrogen) atoms. The summed E-state index contributed by atoms with van der Waals surface area (Å²) in [5, 5.41) is 1.26. The number of benzene rings is 1. The third-order valence-corrected chi connectivity index (χ3v) is 3.85. The molecule has 0 saturated carbocycles. The SMILES string of the molecule is CC(=O)N1CCCN(c2c[nH]c3ccccc23)CC1. The molecule has 4 heteroatoms. The molecule has 4 nitrogen and oxygen atoms in total. The van der Waals surface area contributed by atoms with Crippen molar-refractivity contribution in [2.24, 2.45) is 0 Å². The van der Waals surface area contributed by atoms with E-state index >= 15 is 0 Å². The molecule has 1 saturated heterocycles. The number of nitrogens with zero attached hydrogens (tertiary/aromatic N) is 2. The van der Waals surface area contributed by atoms with Gasteiger partial charge in [-0.15, -0.1) is 0 Å². The molecule has 3 rings (SSSR count). The Balaban J connectivity index is 1.84. The summed E-state index contributed by atoms with van der Waals surface area (Å²) < 4.78 is 0. The van der Waals surface area contributed by atoms with Crippen LogP contribution in [0.1, 0.15) is 13.3 Å². The maximum absolute atomic E-state index is 11.5. The number of carbonyl (C=O) groups is 1. The van der Waals surface area contributed by atoms with Crippen molar-refractivity contribution in [1.82, 2.24) is 9.88 Å². The van der Waals surface area contributed by atoms with Gasteiger partial charge in [-0.1, -0.05) is 18.2 Å². The van der Waals surface area contributed by atoms with Crippen molar-refractivity contribution in [3.05, 3.63) is 30.5 Å². The van der Waals surface area contributed by atoms with Crippen LogP contribution in [0.5, 0.6) is 0 Å². The highest BCUT2D eigenvalue weighted by molar-refractivity contribution is 5.92. The van der Waals surface area contributed by atoms with Gasteiger partial charge < -0.3 is 14.8 Å². The van der Waals surface area contributed by atoms with Gasteiger partial charge in [-0.05, 0) is 12.5 Å². The largest absolute Gasteiger partial charge is 0.368 e. The van der Waals surface area contributed by atoms with Crippen LogP contribution in [-0.2, 0) is 4.79 Å². The van der Waals surface area contributed by atoms with Crippen molar-refractivity contribution in [2.45, 2.75) is 13.3 Å². The first kappa shape index (κ1) is 12.1. The van der Waals surface area contributed by atoms with Crippen molar-refractivity contribution < 1.29 is 4.79 Å². The van der Waals surface area contributed by atoms with Crippen LogP contribution in [0.2, 0.25) is 0 Å². The molecular weight excluding hydrogens is 238 g/mol. The topological polar surface area (TPSA) is 39.3 Å². The van der Waals surface area contributed by atoms with Gasteiger partial charge in [-0.3, -0.25) is 4.79 Å². The van der Waals surface area contributed by atoms with E-state index in [-0.39, 0.29) is 5.91 Å². The Labute approximate surface area is 113 Å². The number of carbonyl (C=O) groups excluding carboxylic acids is 1. The molecule has 1 fully saturated rings. The fraction of sp³-hybridized carbons (Fsp3) is 0.400. The maximum atomic E-state index is 11.5. The zero-order valence-corrected chi connectivity index (χ0v) is 11.2. The molecule has 0 atom stereocenters. The summed E-state index contributed by atoms with van der Waals surface area (Å²) in [7, 11) is 0. The predicted octanol–water partition coefficient (Wildman–Crippen LogP) is 2.23. The first-order valence-corrected chi connectivity index (χ1v) is 6.82. The van der Waals surface area contributed by atoms with Crippen molar-refractivity contribution >= 4 is 22.5 Å². The minimum atomic E-state index is 0.181. The first-order valence-electron chi connectivity index (χ1n) is 6.82. The number of hydrogen-bond donors (Lipinski definition) is 1. The van der Waals surface area contributed by atoms with Gasteiger partial charge in [0, 0.05) is 50.2 Å². The Bertz CT molecular complexity index is 590. The van der Waals surface area contributed by atoms with E-state index in [9.17, 15) is 4.79 Å². The number of rotatable bonds is 1. The van der Waals surface area contributed by atoms with E-state index in [0.717, 1.165) is 32.6 Å². The number of para-hydroxylation sites is 1. The summed E-state index contributed by atoms with van der Waals surface area (Å²) in [4.78, 5) is 19.1. The highest BCUT2D eigenvalue weighted by Gasteiger charge is 2.18. The number of amides is 1. The molecular formula is C15H19N3O. The highest BCUT2D eigenvalue weighted by atomic mass is 16.2. The zero-order chi connectivity index (χ0) is 13.2. The van der Waals surface area contributed by atoms with Crippen molar-refractivity contribution in [3.63, 3.8) is 0 Å². The quantitative estimate of drug-likeness (QED) is 0.851. The summed E-state index contributed by atoms with van der Waals surface area (Å²) in [6.07, 6.45) is 3.10. The molecule has 0 radical (unpaired) electrons. The third kappa shape index (κ3) is 2.30. The van der Waals surface area contributed by atoms with Crippen LogP contribution in [-0.4, -0.2) is 42.0 Å². The number of nitrogens with one attached hydrogen (secondary N) is 1. The fourth-order valence-corrected chi connectivity index (χ4v) is 2.79. The number of anilines is 1. The number of aromatic amines is 1. The second-order valence-corrected chi connectivity index (χ2v) is 5.07. The van der Waals surface area contributed by atoms with E-state index in [4.69, 9.17) is 0 Å². The summed E-state index contributed by atoms with van der Waals surface area (Å²) in [6, 6.07) is 8.36. The minimum absolute atomic E-state index is 0.181. The number of fused-ring (bicyclic) bond motifs is 1. The lowest BCUT2D eigenvalue weighted by atomic mass is 10.2. The van der Waals surface area contributed by atoms with Crippen LogP contribution < -0.4 is 4.90 Å². The van der Waals surface area contributed by atoms with E-state index < -0.39 is 0 Å². The second-order valence-electron chi connectivity index (χ2n) is 5.07. The predicted molar refractivity (Wildman–Crippen MR) is 77.4 cm³/mol. The third-order valence-electron chi connectivity index (χ3n) is 3.85. The molecule has 2 aromatic rings. The van der Waals surface area contributed by atoms with Gasteiger partial charge in [0.15, 0.2) is 0 Å². The number of H-pyrrole nitrogens is 1. The molecule has 0 bridgehead atoms. The van der Waals surface area contributed by atoms with Gasteiger partial charge >= 0.3 is 0 Å². The molecule has 1 N–H and O–H groups in total. The molecule has 100 valence electrons. The molecule has 1 aliphatic heterocycles. The fourth-order valence-electron chi connectivity index (χ4n) is 2.79. The van der Waals surface area contributed by atoms with Gasteiger partial charge in [0.05, 0.1) is 5.69 Å². The van der Waals surface area contributed by atoms with Crippen molar-refractivity contribution in [1.29, 1.82) is 0 Å². The lowest BCUT2D eigenvalue weighted by molar-refractivity contribution is -0.128. The molecule has 0 unspecified atom stereocenters. The van der Waals surface area contributed by atoms with Crippen LogP contribution in [0.4, 0.5) is 5.69 Å². The molecule has 1 aromatic carbocycles. The Hall–Kier alpha value is -1.97. The summed E-state index contributed by atoms with van der Waals surface area (Å²) in [5.74, 6) is 0.181. The Kier molecular flexibility index (Phi) is 3.15. The van der Waals surface area contributed by atoms with Gasteiger partial charge in [0.25, 0.3) is 0 Å². The Morgan fingerprint density at radius 3 is 2.84 bits per heavy atom. The molecule has 0 aliphatic carbocycles. The van der Waals surface area contributed by atoms with Gasteiger partial charge in [0.1, 0.15) is 0 Å². The van der Waals surface area contributed by atoms with Crippen LogP contribution >= 0.6 is 0 Å². The second kappa shape index (κ2) is 4.96. The molecule has 1 aromatic heterocycles. The molecule has 1 amide bonds. The molecule has 1 aliphatic rings. The monoisotopic (exact) mass is 257 g/mol. The lowest BCUT2D eigenvalue weighted by Crippen LogP contribution is -2.33. The summed E-state index contributed by atoms with van der Waals surface area (Å²) in [6.45, 7) is 5.25. The van der Waals surface area contributed by atoms with E-state index in [2.05, 4.69) is 34.3 Å². The maximum Gasteiger partial charge on any atom is 0.219 e. The molecule has 2 heterocycles. The van der Waals surface area contributed by atoms with Crippen LogP contribution in [0, 0.1) is 0 Å². The Morgan fingerprint density at radius 2 is 2.00 bits per heavy atom. The number of hydrogen-bond acceptors (Lipinski definition) is 2. The van der Waals surface area contributed by atoms with E-state index in [1.165, 1.54) is 16.6 Å². The summed E-state index contributed by atoms with van der Waals surface area (Å²) >= 11 is 0. The standard InChI is InChI=1S/C15H19N3O/c1-12(19)17-7-4-8-18(10-9-17)15-11-16-14-6-3-2-5-13(14)15/h2-3,5-6,11,16H,4,7-10H2,1H3. The van der Waals surface area contributed by atoms with Gasteiger partial charge in [0.2, 0.25) is 5.91 Å². The van der Waals surface area contributed by atoms with Crippen LogP contribution in [0.15, 0.2) is 30.5 Å². The Morgan fingerprint density at radius 1 is 1.16 bits per heavy atom. The van der Waals surface area contributed by atoms with E-state index in [1.54, 1.807) is 6.92 Å². The number of aromatic nitrogens is 1. The van der Waals surface area contributed by atoms with Gasteiger partial charge in [-0.25, -0.2) is 0 Å². The summed E-state index contributed by atoms with van der Waals surface area (Å²) in [5.41, 5.74) is 2.42. The minimum Gasteiger partial charge on any atom is -0.368 e. The van der Waals surface area contributed by atoms with Crippen molar-refractivity contribution in [3.8, 4) is 0 Å². The average Bonchev–Trinajstić information content (AvgIpc) is 2.68. The van der Waals surface area contributed by atoms with Gasteiger partial charge in [-0.2, -0.15) is 0 Å². The lowest BCUT2D eigenvalue weighted by Gasteiger charge is -2.22. The smallest absolute Gasteiger partial charge is 0.219 e. The average molecular weight is 257 g/mol. The van der Waals surface area contributed by atoms with Crippen LogP contribution in [0.3, 0.4) is 0 Å². The zero-order valence-electron chi connectivity index (χ0n) is 11.2. The van der Waals surface area contributed by atoms with E-state index in [1.807, 2.05) is 11.0 Å². The first-order chi connectivity index (χ1) is 9.25. The van der Waals surface area contributed by atoms with Crippen molar-refractivity contribution in [2.75, 3.05) is 31.1 Å². The molecule has 0 spiro atoms. The van der Waals surface area contributed by atoms with Crippen LogP contribution in [0.25, 0.3) is 10.9 Å². The normalized spacial score (nSPS) is 16.7. The highest BCUT2D eigenvalue weighted by Crippen LogP contribution is 2.27.